The van der Waals surface area contributed by atoms with E-state index in [4.69, 9.17) is 9.47 Å². The number of carbonyl (C=O) groups is 4. The van der Waals surface area contributed by atoms with Crippen LogP contribution in [0.15, 0.2) is 54.6 Å². The second-order valence-corrected chi connectivity index (χ2v) is 6.42. The van der Waals surface area contributed by atoms with Crippen LogP contribution in [0.1, 0.15) is 29.3 Å². The van der Waals surface area contributed by atoms with E-state index in [0.717, 1.165) is 17.7 Å². The molecule has 2 rings (SSSR count). The van der Waals surface area contributed by atoms with Gasteiger partial charge in [0.05, 0.1) is 19.6 Å². The average molecular weight is 430 g/mol. The van der Waals surface area contributed by atoms with Crippen molar-refractivity contribution in [3.05, 3.63) is 71.5 Å². The molecule has 0 aromatic heterocycles. The van der Waals surface area contributed by atoms with Crippen LogP contribution in [0, 0.1) is 5.82 Å². The van der Waals surface area contributed by atoms with Gasteiger partial charge in [-0.2, -0.15) is 0 Å². The van der Waals surface area contributed by atoms with E-state index in [1.807, 2.05) is 6.07 Å². The molecule has 8 nitrogen and oxygen atoms in total. The third-order valence-electron chi connectivity index (χ3n) is 4.09. The Morgan fingerprint density at radius 1 is 0.968 bits per heavy atom. The lowest BCUT2D eigenvalue weighted by molar-refractivity contribution is -0.145. The van der Waals surface area contributed by atoms with Crippen molar-refractivity contribution in [3.63, 3.8) is 0 Å². The predicted molar refractivity (Wildman–Crippen MR) is 109 cm³/mol. The number of ketones is 1. The lowest BCUT2D eigenvalue weighted by Gasteiger charge is -2.17. The first-order valence-corrected chi connectivity index (χ1v) is 9.58. The van der Waals surface area contributed by atoms with Crippen LogP contribution < -0.4 is 10.6 Å². The van der Waals surface area contributed by atoms with Crippen LogP contribution in [0.3, 0.4) is 0 Å². The molecular weight excluding hydrogens is 407 g/mol. The zero-order valence-corrected chi connectivity index (χ0v) is 16.9. The maximum Gasteiger partial charge on any atom is 0.408 e. The van der Waals surface area contributed by atoms with Gasteiger partial charge in [-0.25, -0.2) is 9.18 Å². The highest BCUT2D eigenvalue weighted by Crippen LogP contribution is 2.05. The van der Waals surface area contributed by atoms with Crippen LogP contribution in [0.2, 0.25) is 0 Å². The molecule has 0 unspecified atom stereocenters. The lowest BCUT2D eigenvalue weighted by Crippen LogP contribution is -2.49. The Labute approximate surface area is 178 Å². The van der Waals surface area contributed by atoms with Crippen molar-refractivity contribution < 1.29 is 33.0 Å². The number of halogens is 1. The van der Waals surface area contributed by atoms with Crippen molar-refractivity contribution in [1.29, 1.82) is 0 Å². The van der Waals surface area contributed by atoms with Gasteiger partial charge in [-0.3, -0.25) is 14.4 Å². The highest BCUT2D eigenvalue weighted by Gasteiger charge is 2.25. The zero-order valence-electron chi connectivity index (χ0n) is 16.9. The maximum absolute atomic E-state index is 13.0. The quantitative estimate of drug-likeness (QED) is 0.442. The minimum atomic E-state index is -1.30. The Hall–Kier alpha value is -3.75. The van der Waals surface area contributed by atoms with Gasteiger partial charge in [-0.05, 0) is 36.8 Å². The van der Waals surface area contributed by atoms with E-state index in [2.05, 4.69) is 10.6 Å². The Morgan fingerprint density at radius 2 is 1.65 bits per heavy atom. The third kappa shape index (κ3) is 8.25. The molecule has 0 bridgehead atoms. The van der Waals surface area contributed by atoms with Crippen LogP contribution in [-0.2, 0) is 25.7 Å². The molecule has 2 N–H and O–H groups in total. The standard InChI is InChI=1S/C22H23FN2O6/c1-2-30-20(27)12-18(25-22(29)31-14-15-6-4-3-5-7-15)21(28)24-13-19(26)16-8-10-17(23)11-9-16/h3-11,18H,2,12-14H2,1H3,(H,24,28)(H,25,29)/t18-/m0/s1. The highest BCUT2D eigenvalue weighted by molar-refractivity contribution is 6.00. The minimum Gasteiger partial charge on any atom is -0.466 e. The number of rotatable bonds is 10. The van der Waals surface area contributed by atoms with E-state index < -0.39 is 48.6 Å². The summed E-state index contributed by atoms with van der Waals surface area (Å²) >= 11 is 0. The molecule has 2 aromatic carbocycles. The summed E-state index contributed by atoms with van der Waals surface area (Å²) < 4.78 is 22.9. The first-order chi connectivity index (χ1) is 14.9. The third-order valence-corrected chi connectivity index (χ3v) is 4.09. The summed E-state index contributed by atoms with van der Waals surface area (Å²) in [5, 5.41) is 4.67. The van der Waals surface area contributed by atoms with Crippen LogP contribution in [0.5, 0.6) is 0 Å². The Kier molecular flexibility index (Phi) is 9.15. The normalized spacial score (nSPS) is 11.2. The molecule has 0 radical (unpaired) electrons. The lowest BCUT2D eigenvalue weighted by atomic mass is 10.1. The van der Waals surface area contributed by atoms with Crippen LogP contribution in [-0.4, -0.2) is 42.9 Å². The van der Waals surface area contributed by atoms with Gasteiger partial charge in [0, 0.05) is 5.56 Å². The fraction of sp³-hybridized carbons (Fsp3) is 0.273. The first kappa shape index (κ1) is 23.5. The molecule has 0 heterocycles. The molecule has 2 aromatic rings. The van der Waals surface area contributed by atoms with E-state index in [1.165, 1.54) is 12.1 Å². The second-order valence-electron chi connectivity index (χ2n) is 6.42. The van der Waals surface area contributed by atoms with Crippen molar-refractivity contribution in [2.75, 3.05) is 13.2 Å². The summed E-state index contributed by atoms with van der Waals surface area (Å²) in [5.74, 6) is -2.42. The molecular formula is C22H23FN2O6. The van der Waals surface area contributed by atoms with Gasteiger partial charge in [-0.15, -0.1) is 0 Å². The molecule has 31 heavy (non-hydrogen) atoms. The molecule has 2 amide bonds. The van der Waals surface area contributed by atoms with Crippen molar-refractivity contribution in [2.45, 2.75) is 26.0 Å². The van der Waals surface area contributed by atoms with Crippen LogP contribution in [0.25, 0.3) is 0 Å². The van der Waals surface area contributed by atoms with Crippen molar-refractivity contribution in [2.24, 2.45) is 0 Å². The molecule has 0 fully saturated rings. The molecule has 1 atom stereocenters. The Bertz CT molecular complexity index is 902. The number of hydrogen-bond donors (Lipinski definition) is 2. The molecule has 0 aliphatic carbocycles. The number of nitrogens with one attached hydrogen (secondary N) is 2. The zero-order chi connectivity index (χ0) is 22.6. The largest absolute Gasteiger partial charge is 0.466 e. The second kappa shape index (κ2) is 12.1. The maximum atomic E-state index is 13.0. The summed E-state index contributed by atoms with van der Waals surface area (Å²) in [7, 11) is 0. The van der Waals surface area contributed by atoms with E-state index in [1.54, 1.807) is 31.2 Å². The number of amides is 2. The number of carbonyl (C=O) groups excluding carboxylic acids is 4. The SMILES string of the molecule is CCOC(=O)C[C@H](NC(=O)OCc1ccccc1)C(=O)NCC(=O)c1ccc(F)cc1. The first-order valence-electron chi connectivity index (χ1n) is 9.58. The minimum absolute atomic E-state index is 0.0243. The Balaban J connectivity index is 1.94. The molecule has 0 saturated carbocycles. The summed E-state index contributed by atoms with van der Waals surface area (Å²) in [6.07, 6.45) is -1.34. The number of hydrogen-bond acceptors (Lipinski definition) is 6. The molecule has 9 heteroatoms. The fourth-order valence-corrected chi connectivity index (χ4v) is 2.53. The summed E-state index contributed by atoms with van der Waals surface area (Å²) in [4.78, 5) is 48.5. The number of Topliss-reactive ketones (excluding diaryl/α,β-unsaturated/α-hetero) is 1. The molecule has 0 aliphatic rings. The van der Waals surface area contributed by atoms with Gasteiger partial charge >= 0.3 is 12.1 Å². The fourth-order valence-electron chi connectivity index (χ4n) is 2.53. The van der Waals surface area contributed by atoms with Gasteiger partial charge in [0.25, 0.3) is 0 Å². The van der Waals surface area contributed by atoms with Gasteiger partial charge < -0.3 is 20.1 Å². The average Bonchev–Trinajstić information content (AvgIpc) is 2.76. The van der Waals surface area contributed by atoms with Crippen molar-refractivity contribution >= 4 is 23.8 Å². The monoisotopic (exact) mass is 430 g/mol. The smallest absolute Gasteiger partial charge is 0.408 e. The number of benzene rings is 2. The number of esters is 1. The molecule has 0 spiro atoms. The van der Waals surface area contributed by atoms with E-state index in [0.29, 0.717) is 0 Å². The van der Waals surface area contributed by atoms with Crippen LogP contribution >= 0.6 is 0 Å². The summed E-state index contributed by atoms with van der Waals surface area (Å²) in [6, 6.07) is 12.4. The molecule has 0 saturated heterocycles. The van der Waals surface area contributed by atoms with E-state index in [9.17, 15) is 23.6 Å². The van der Waals surface area contributed by atoms with Crippen molar-refractivity contribution in [3.8, 4) is 0 Å². The van der Waals surface area contributed by atoms with Gasteiger partial charge in [0.15, 0.2) is 5.78 Å². The Morgan fingerprint density at radius 3 is 2.29 bits per heavy atom. The summed E-state index contributed by atoms with van der Waals surface area (Å²) in [6.45, 7) is 1.29. The van der Waals surface area contributed by atoms with Crippen LogP contribution in [0.4, 0.5) is 9.18 Å². The van der Waals surface area contributed by atoms with Gasteiger partial charge in [-0.1, -0.05) is 30.3 Å². The predicted octanol–water partition coefficient (Wildman–Crippen LogP) is 2.37. The van der Waals surface area contributed by atoms with E-state index in [-0.39, 0.29) is 18.8 Å². The van der Waals surface area contributed by atoms with Gasteiger partial charge in [0.1, 0.15) is 18.5 Å². The van der Waals surface area contributed by atoms with Crippen molar-refractivity contribution in [1.82, 2.24) is 10.6 Å². The summed E-state index contributed by atoms with van der Waals surface area (Å²) in [5.41, 5.74) is 0.952. The molecule has 164 valence electrons. The van der Waals surface area contributed by atoms with Gasteiger partial charge in [0.2, 0.25) is 5.91 Å². The number of alkyl carbamates (subject to hydrolysis) is 1. The highest BCUT2D eigenvalue weighted by atomic mass is 19.1. The van der Waals surface area contributed by atoms with E-state index >= 15 is 0 Å². The molecule has 0 aliphatic heterocycles. The topological polar surface area (TPSA) is 111 Å². The number of ether oxygens (including phenoxy) is 2.